The topological polar surface area (TPSA) is 92.4 Å². The largest absolute Gasteiger partial charge is 0.481 e. The molecule has 1 unspecified atom stereocenters. The van der Waals surface area contributed by atoms with Gasteiger partial charge in [0.05, 0.1) is 6.04 Å². The predicted molar refractivity (Wildman–Crippen MR) is 71.1 cm³/mol. The Kier molecular flexibility index (Phi) is 8.37. The highest BCUT2D eigenvalue weighted by Crippen LogP contribution is 2.20. The molecule has 4 N–H and O–H groups in total. The Morgan fingerprint density at radius 1 is 1.28 bits per heavy atom. The molecule has 0 bridgehead atoms. The summed E-state index contributed by atoms with van der Waals surface area (Å²) in [7, 11) is 0. The van der Waals surface area contributed by atoms with Gasteiger partial charge in [0.15, 0.2) is 0 Å². The van der Waals surface area contributed by atoms with Crippen LogP contribution in [0.5, 0.6) is 0 Å². The van der Waals surface area contributed by atoms with E-state index in [4.69, 9.17) is 10.8 Å². The van der Waals surface area contributed by atoms with Crippen molar-refractivity contribution in [1.82, 2.24) is 5.32 Å². The fourth-order valence-corrected chi connectivity index (χ4v) is 1.82. The monoisotopic (exact) mass is 258 g/mol. The molecule has 0 aromatic rings. The van der Waals surface area contributed by atoms with Crippen LogP contribution in [0.25, 0.3) is 0 Å². The average Bonchev–Trinajstić information content (AvgIpc) is 2.31. The van der Waals surface area contributed by atoms with Crippen LogP contribution in [0, 0.1) is 11.8 Å². The minimum atomic E-state index is -0.766. The van der Waals surface area contributed by atoms with Crippen molar-refractivity contribution in [2.75, 3.05) is 6.54 Å². The summed E-state index contributed by atoms with van der Waals surface area (Å²) in [5.74, 6) is -0.156. The fraction of sp³-hybridized carbons (Fsp3) is 0.846. The van der Waals surface area contributed by atoms with Gasteiger partial charge in [-0.15, -0.1) is 0 Å². The molecule has 0 aromatic carbocycles. The zero-order chi connectivity index (χ0) is 14.1. The number of hydrogen-bond acceptors (Lipinski definition) is 3. The van der Waals surface area contributed by atoms with Crippen LogP contribution in [0.15, 0.2) is 0 Å². The van der Waals surface area contributed by atoms with Crippen LogP contribution in [0.1, 0.15) is 46.5 Å². The summed E-state index contributed by atoms with van der Waals surface area (Å²) < 4.78 is 0. The zero-order valence-corrected chi connectivity index (χ0v) is 11.6. The second-order valence-electron chi connectivity index (χ2n) is 5.03. The third-order valence-corrected chi connectivity index (χ3v) is 3.26. The third kappa shape index (κ3) is 7.27. The number of carboxylic acid groups (broad SMARTS) is 1. The molecule has 0 aromatic heterocycles. The number of carbonyl (C=O) groups excluding carboxylic acids is 1. The summed E-state index contributed by atoms with van der Waals surface area (Å²) in [6, 6.07) is -0.443. The van der Waals surface area contributed by atoms with Crippen LogP contribution >= 0.6 is 0 Å². The number of nitrogens with two attached hydrogens (primary N) is 1. The summed E-state index contributed by atoms with van der Waals surface area (Å²) in [6.45, 7) is 6.58. The summed E-state index contributed by atoms with van der Waals surface area (Å²) in [6.07, 6.45) is 2.26. The molecule has 0 saturated carbocycles. The number of rotatable bonds is 9. The first kappa shape index (κ1) is 16.9. The van der Waals surface area contributed by atoms with Gasteiger partial charge in [-0.2, -0.15) is 0 Å². The van der Waals surface area contributed by atoms with E-state index in [2.05, 4.69) is 19.2 Å². The SMILES string of the molecule is CC[C@H](N)C(=O)NCCC(CCC(=O)O)C(C)C. The molecule has 2 atom stereocenters. The normalized spacial score (nSPS) is 14.3. The van der Waals surface area contributed by atoms with Crippen molar-refractivity contribution in [3.8, 4) is 0 Å². The number of carboxylic acids is 1. The van der Waals surface area contributed by atoms with Crippen molar-refractivity contribution in [3.05, 3.63) is 0 Å². The second-order valence-corrected chi connectivity index (χ2v) is 5.03. The van der Waals surface area contributed by atoms with Crippen molar-refractivity contribution in [1.29, 1.82) is 0 Å². The van der Waals surface area contributed by atoms with Gasteiger partial charge in [-0.05, 0) is 31.1 Å². The van der Waals surface area contributed by atoms with E-state index in [1.807, 2.05) is 6.92 Å². The minimum Gasteiger partial charge on any atom is -0.481 e. The second kappa shape index (κ2) is 8.91. The molecule has 1 amide bonds. The molecular weight excluding hydrogens is 232 g/mol. The van der Waals surface area contributed by atoms with Gasteiger partial charge in [0.2, 0.25) is 5.91 Å². The highest BCUT2D eigenvalue weighted by Gasteiger charge is 2.16. The molecule has 0 aliphatic rings. The number of hydrogen-bond donors (Lipinski definition) is 3. The first-order chi connectivity index (χ1) is 8.38. The molecule has 0 aliphatic carbocycles. The maximum absolute atomic E-state index is 11.5. The lowest BCUT2D eigenvalue weighted by Crippen LogP contribution is -2.40. The quantitative estimate of drug-likeness (QED) is 0.582. The summed E-state index contributed by atoms with van der Waals surface area (Å²) in [5.41, 5.74) is 5.60. The Bertz CT molecular complexity index is 267. The van der Waals surface area contributed by atoms with Gasteiger partial charge < -0.3 is 16.2 Å². The van der Waals surface area contributed by atoms with E-state index in [1.54, 1.807) is 0 Å². The molecular formula is C13H26N2O3. The molecule has 5 heteroatoms. The Morgan fingerprint density at radius 3 is 2.33 bits per heavy atom. The Balaban J connectivity index is 3.97. The number of aliphatic carboxylic acids is 1. The maximum atomic E-state index is 11.5. The lowest BCUT2D eigenvalue weighted by molar-refractivity contribution is -0.137. The van der Waals surface area contributed by atoms with Crippen molar-refractivity contribution in [3.63, 3.8) is 0 Å². The molecule has 0 heterocycles. The van der Waals surface area contributed by atoms with Gasteiger partial charge in [0.25, 0.3) is 0 Å². The summed E-state index contributed by atoms with van der Waals surface area (Å²) >= 11 is 0. The van der Waals surface area contributed by atoms with Gasteiger partial charge in [-0.1, -0.05) is 20.8 Å². The van der Waals surface area contributed by atoms with Crippen LogP contribution in [0.4, 0.5) is 0 Å². The molecule has 18 heavy (non-hydrogen) atoms. The van der Waals surface area contributed by atoms with Crippen LogP contribution in [0.3, 0.4) is 0 Å². The molecule has 0 rings (SSSR count). The van der Waals surface area contributed by atoms with Crippen molar-refractivity contribution in [2.45, 2.75) is 52.5 Å². The first-order valence-corrected chi connectivity index (χ1v) is 6.63. The summed E-state index contributed by atoms with van der Waals surface area (Å²) in [4.78, 5) is 22.0. The van der Waals surface area contributed by atoms with Crippen molar-refractivity contribution < 1.29 is 14.7 Å². The van der Waals surface area contributed by atoms with Gasteiger partial charge in [-0.25, -0.2) is 0 Å². The predicted octanol–water partition coefficient (Wildman–Crippen LogP) is 1.37. The van der Waals surface area contributed by atoms with Gasteiger partial charge in [0, 0.05) is 13.0 Å². The highest BCUT2D eigenvalue weighted by atomic mass is 16.4. The van der Waals surface area contributed by atoms with Crippen molar-refractivity contribution >= 4 is 11.9 Å². The average molecular weight is 258 g/mol. The van der Waals surface area contributed by atoms with E-state index in [-0.39, 0.29) is 12.3 Å². The van der Waals surface area contributed by atoms with Crippen LogP contribution in [-0.4, -0.2) is 29.6 Å². The molecule has 5 nitrogen and oxygen atoms in total. The van der Waals surface area contributed by atoms with Crippen LogP contribution in [-0.2, 0) is 9.59 Å². The Labute approximate surface area is 109 Å². The first-order valence-electron chi connectivity index (χ1n) is 6.63. The van der Waals surface area contributed by atoms with E-state index in [9.17, 15) is 9.59 Å². The van der Waals surface area contributed by atoms with Crippen molar-refractivity contribution in [2.24, 2.45) is 17.6 Å². The third-order valence-electron chi connectivity index (χ3n) is 3.26. The van der Waals surface area contributed by atoms with Gasteiger partial charge >= 0.3 is 5.97 Å². The van der Waals surface area contributed by atoms with E-state index in [0.29, 0.717) is 31.2 Å². The van der Waals surface area contributed by atoms with E-state index in [0.717, 1.165) is 6.42 Å². The summed E-state index contributed by atoms with van der Waals surface area (Å²) in [5, 5.41) is 11.5. The molecule has 0 saturated heterocycles. The number of amides is 1. The molecule has 0 radical (unpaired) electrons. The van der Waals surface area contributed by atoms with Gasteiger partial charge in [-0.3, -0.25) is 9.59 Å². The number of nitrogens with one attached hydrogen (secondary N) is 1. The highest BCUT2D eigenvalue weighted by molar-refractivity contribution is 5.81. The lowest BCUT2D eigenvalue weighted by Gasteiger charge is -2.20. The van der Waals surface area contributed by atoms with E-state index < -0.39 is 12.0 Å². The Morgan fingerprint density at radius 2 is 1.89 bits per heavy atom. The lowest BCUT2D eigenvalue weighted by atomic mass is 9.88. The number of carbonyl (C=O) groups is 2. The molecule has 0 fully saturated rings. The van der Waals surface area contributed by atoms with Crippen LogP contribution in [0.2, 0.25) is 0 Å². The fourth-order valence-electron chi connectivity index (χ4n) is 1.82. The van der Waals surface area contributed by atoms with E-state index in [1.165, 1.54) is 0 Å². The smallest absolute Gasteiger partial charge is 0.303 e. The molecule has 0 spiro atoms. The minimum absolute atomic E-state index is 0.127. The zero-order valence-electron chi connectivity index (χ0n) is 11.6. The van der Waals surface area contributed by atoms with Gasteiger partial charge in [0.1, 0.15) is 0 Å². The van der Waals surface area contributed by atoms with Crippen LogP contribution < -0.4 is 11.1 Å². The molecule has 0 aliphatic heterocycles. The molecule has 106 valence electrons. The standard InChI is InChI=1S/C13H26N2O3/c1-4-11(14)13(18)15-8-7-10(9(2)3)5-6-12(16)17/h9-11H,4-8,14H2,1-3H3,(H,15,18)(H,16,17)/t10?,11-/m0/s1. The maximum Gasteiger partial charge on any atom is 0.303 e. The Hall–Kier alpha value is -1.10. The van der Waals surface area contributed by atoms with E-state index >= 15 is 0 Å².